The second kappa shape index (κ2) is 10.8. The molecule has 5 aromatic rings. The van der Waals surface area contributed by atoms with Crippen LogP contribution in [-0.2, 0) is 17.8 Å². The molecule has 0 radical (unpaired) electrons. The van der Waals surface area contributed by atoms with Crippen LogP contribution in [0.5, 0.6) is 0 Å². The molecule has 1 amide bonds. The van der Waals surface area contributed by atoms with Crippen molar-refractivity contribution in [3.8, 4) is 0 Å². The molecular weight excluding hydrogens is 446 g/mol. The highest BCUT2D eigenvalue weighted by atomic mass is 16.5. The smallest absolute Gasteiger partial charge is 0.267 e. The number of hydrogen-bond acceptors (Lipinski definition) is 3. The van der Waals surface area contributed by atoms with Gasteiger partial charge < -0.3 is 4.57 Å². The van der Waals surface area contributed by atoms with E-state index in [1.54, 1.807) is 11.6 Å². The summed E-state index contributed by atoms with van der Waals surface area (Å²) in [6.45, 7) is 0.735. The highest BCUT2D eigenvalue weighted by Crippen LogP contribution is 2.32. The number of nitrogens with one attached hydrogen (secondary N) is 1. The third-order valence-corrected chi connectivity index (χ3v) is 6.34. The average molecular weight is 474 g/mol. The number of benzene rings is 4. The highest BCUT2D eigenvalue weighted by Gasteiger charge is 2.23. The largest absolute Gasteiger partial charge is 0.323 e. The number of fused-ring (bicyclic) bond motifs is 1. The van der Waals surface area contributed by atoms with Crippen LogP contribution in [-0.4, -0.2) is 20.7 Å². The van der Waals surface area contributed by atoms with Crippen LogP contribution in [0, 0.1) is 0 Å². The molecule has 0 spiro atoms. The molecule has 5 nitrogen and oxygen atoms in total. The lowest BCUT2D eigenvalue weighted by molar-refractivity contribution is -0.124. The van der Waals surface area contributed by atoms with Gasteiger partial charge in [-0.3, -0.25) is 10.0 Å². The summed E-state index contributed by atoms with van der Waals surface area (Å²) < 4.78 is 2.33. The third kappa shape index (κ3) is 5.27. The Bertz CT molecular complexity index is 1470. The topological polar surface area (TPSA) is 67.2 Å². The van der Waals surface area contributed by atoms with E-state index in [0.29, 0.717) is 0 Å². The zero-order valence-corrected chi connectivity index (χ0v) is 19.8. The summed E-state index contributed by atoms with van der Waals surface area (Å²) in [6, 6.07) is 37.4. The number of imidazole rings is 1. The fraction of sp³-hybridized carbons (Fsp3) is 0.0968. The summed E-state index contributed by atoms with van der Waals surface area (Å²) >= 11 is 0. The molecule has 1 atom stereocenters. The molecule has 5 rings (SSSR count). The summed E-state index contributed by atoms with van der Waals surface area (Å²) in [7, 11) is 0. The van der Waals surface area contributed by atoms with Gasteiger partial charge in [0.25, 0.3) is 5.91 Å². The van der Waals surface area contributed by atoms with Crippen molar-refractivity contribution in [2.75, 3.05) is 0 Å². The number of carbonyl (C=O) groups excluding carboxylic acids is 1. The Kier molecular flexibility index (Phi) is 7.01. The summed E-state index contributed by atoms with van der Waals surface area (Å²) in [5, 5.41) is 8.73. The van der Waals surface area contributed by atoms with Crippen LogP contribution < -0.4 is 5.48 Å². The molecule has 0 aliphatic rings. The second-order valence-electron chi connectivity index (χ2n) is 8.75. The summed E-state index contributed by atoms with van der Waals surface area (Å²) in [5.41, 5.74) is 8.20. The van der Waals surface area contributed by atoms with E-state index in [2.05, 4.69) is 83.4 Å². The van der Waals surface area contributed by atoms with Crippen LogP contribution in [0.15, 0.2) is 115 Å². The Labute approximate surface area is 210 Å². The molecule has 0 saturated carbocycles. The van der Waals surface area contributed by atoms with E-state index in [0.717, 1.165) is 41.0 Å². The van der Waals surface area contributed by atoms with Crippen LogP contribution in [0.2, 0.25) is 0 Å². The van der Waals surface area contributed by atoms with Crippen LogP contribution in [0.4, 0.5) is 0 Å². The number of rotatable bonds is 8. The fourth-order valence-electron chi connectivity index (χ4n) is 4.55. The molecule has 0 aliphatic heterocycles. The van der Waals surface area contributed by atoms with Gasteiger partial charge in [-0.15, -0.1) is 0 Å². The number of para-hydroxylation sites is 2. The zero-order chi connectivity index (χ0) is 24.7. The van der Waals surface area contributed by atoms with Gasteiger partial charge in [-0.2, -0.15) is 0 Å². The van der Waals surface area contributed by atoms with Gasteiger partial charge in [-0.05, 0) is 46.9 Å². The molecule has 4 aromatic carbocycles. The Morgan fingerprint density at radius 2 is 1.47 bits per heavy atom. The molecule has 0 bridgehead atoms. The highest BCUT2D eigenvalue weighted by molar-refractivity contribution is 5.90. The first-order valence-electron chi connectivity index (χ1n) is 12.0. The van der Waals surface area contributed by atoms with Crippen molar-refractivity contribution in [2.24, 2.45) is 0 Å². The zero-order valence-electron chi connectivity index (χ0n) is 19.8. The van der Waals surface area contributed by atoms with E-state index >= 15 is 0 Å². The van der Waals surface area contributed by atoms with Crippen molar-refractivity contribution in [1.29, 1.82) is 0 Å². The van der Waals surface area contributed by atoms with Crippen molar-refractivity contribution >= 4 is 23.0 Å². The first-order chi connectivity index (χ1) is 17.7. The van der Waals surface area contributed by atoms with Gasteiger partial charge in [0.1, 0.15) is 5.82 Å². The first-order valence-corrected chi connectivity index (χ1v) is 12.0. The number of amides is 1. The maximum absolute atomic E-state index is 11.4. The minimum atomic E-state index is -0.560. The van der Waals surface area contributed by atoms with E-state index in [9.17, 15) is 4.79 Å². The number of nitrogens with zero attached hydrogens (tertiary/aromatic N) is 2. The normalized spacial score (nSPS) is 12.1. The van der Waals surface area contributed by atoms with Crippen molar-refractivity contribution in [3.05, 3.63) is 143 Å². The molecule has 5 heteroatoms. The summed E-state index contributed by atoms with van der Waals surface area (Å²) in [4.78, 5) is 16.5. The second-order valence-corrected chi connectivity index (χ2v) is 8.75. The predicted octanol–water partition coefficient (Wildman–Crippen LogP) is 5.98. The maximum atomic E-state index is 11.4. The third-order valence-electron chi connectivity index (χ3n) is 6.34. The molecule has 0 saturated heterocycles. The van der Waals surface area contributed by atoms with Crippen molar-refractivity contribution in [2.45, 2.75) is 18.9 Å². The molecule has 178 valence electrons. The minimum Gasteiger partial charge on any atom is -0.323 e. The lowest BCUT2D eigenvalue weighted by Crippen LogP contribution is -2.15. The van der Waals surface area contributed by atoms with Crippen molar-refractivity contribution in [1.82, 2.24) is 15.0 Å². The van der Waals surface area contributed by atoms with Crippen LogP contribution in [0.3, 0.4) is 0 Å². The van der Waals surface area contributed by atoms with Gasteiger partial charge in [-0.25, -0.2) is 10.5 Å². The lowest BCUT2D eigenvalue weighted by atomic mass is 9.90. The molecule has 1 aromatic heterocycles. The molecule has 0 fully saturated rings. The Morgan fingerprint density at radius 1 is 0.833 bits per heavy atom. The van der Waals surface area contributed by atoms with E-state index in [-0.39, 0.29) is 5.92 Å². The van der Waals surface area contributed by atoms with Gasteiger partial charge in [0.2, 0.25) is 0 Å². The standard InChI is InChI=1S/C31H27N3O2/c35-30(33-36)20-17-23-15-18-26(19-16-23)27(21-24-9-3-1-4-10-24)31-32-28-13-7-8-14-29(28)34(31)22-25-11-5-2-6-12-25/h1-20,27,36H,21-22H2,(H,33,35)/b20-17+. The Balaban J connectivity index is 1.59. The average Bonchev–Trinajstić information content (AvgIpc) is 3.29. The van der Waals surface area contributed by atoms with Gasteiger partial charge in [0.15, 0.2) is 0 Å². The first kappa shape index (κ1) is 23.3. The molecule has 2 N–H and O–H groups in total. The van der Waals surface area contributed by atoms with Gasteiger partial charge in [-0.1, -0.05) is 97.1 Å². The van der Waals surface area contributed by atoms with Crippen LogP contribution >= 0.6 is 0 Å². The number of aromatic nitrogens is 2. The monoisotopic (exact) mass is 473 g/mol. The summed E-state index contributed by atoms with van der Waals surface area (Å²) in [5.74, 6) is 0.491. The SMILES string of the molecule is O=C(/C=C/c1ccc(C(Cc2ccccc2)c2nc3ccccc3n2Cc2ccccc2)cc1)NO. The van der Waals surface area contributed by atoms with Crippen LogP contribution in [0.25, 0.3) is 17.1 Å². The Morgan fingerprint density at radius 3 is 2.17 bits per heavy atom. The fourth-order valence-corrected chi connectivity index (χ4v) is 4.55. The minimum absolute atomic E-state index is 0.0299. The Hall–Kier alpha value is -4.48. The molecular formula is C31H27N3O2. The number of hydroxylamine groups is 1. The van der Waals surface area contributed by atoms with Gasteiger partial charge in [0.05, 0.1) is 11.0 Å². The number of carbonyl (C=O) groups is 1. The van der Waals surface area contributed by atoms with E-state index in [1.165, 1.54) is 17.2 Å². The number of hydrogen-bond donors (Lipinski definition) is 2. The van der Waals surface area contributed by atoms with Gasteiger partial charge in [0, 0.05) is 18.5 Å². The quantitative estimate of drug-likeness (QED) is 0.166. The van der Waals surface area contributed by atoms with E-state index in [1.807, 2.05) is 30.3 Å². The maximum Gasteiger partial charge on any atom is 0.267 e. The molecule has 1 heterocycles. The lowest BCUT2D eigenvalue weighted by Gasteiger charge is -2.20. The molecule has 0 aliphatic carbocycles. The molecule has 1 unspecified atom stereocenters. The van der Waals surface area contributed by atoms with E-state index < -0.39 is 5.91 Å². The van der Waals surface area contributed by atoms with Crippen molar-refractivity contribution in [3.63, 3.8) is 0 Å². The van der Waals surface area contributed by atoms with E-state index in [4.69, 9.17) is 10.2 Å². The van der Waals surface area contributed by atoms with Gasteiger partial charge >= 0.3 is 0 Å². The van der Waals surface area contributed by atoms with Crippen LogP contribution in [0.1, 0.15) is 34.0 Å². The molecule has 36 heavy (non-hydrogen) atoms. The predicted molar refractivity (Wildman–Crippen MR) is 143 cm³/mol. The van der Waals surface area contributed by atoms with Crippen molar-refractivity contribution < 1.29 is 10.0 Å². The summed E-state index contributed by atoms with van der Waals surface area (Å²) in [6.07, 6.45) is 3.78.